The van der Waals surface area contributed by atoms with E-state index in [2.05, 4.69) is 20.0 Å². The third-order valence-corrected chi connectivity index (χ3v) is 4.47. The molecule has 0 aliphatic heterocycles. The molecule has 6 nitrogen and oxygen atoms in total. The minimum atomic E-state index is -2.91. The number of guanidine groups is 1. The van der Waals surface area contributed by atoms with Gasteiger partial charge < -0.3 is 19.7 Å². The fourth-order valence-electron chi connectivity index (χ4n) is 2.43. The highest BCUT2D eigenvalue weighted by molar-refractivity contribution is 7.09. The van der Waals surface area contributed by atoms with E-state index in [-0.39, 0.29) is 12.3 Å². The van der Waals surface area contributed by atoms with E-state index < -0.39 is 6.61 Å². The van der Waals surface area contributed by atoms with Crippen molar-refractivity contribution in [2.45, 2.75) is 33.5 Å². The number of benzene rings is 1. The molecule has 0 aliphatic rings. The van der Waals surface area contributed by atoms with Crippen molar-refractivity contribution >= 4 is 17.3 Å². The Bertz CT molecular complexity index is 768. The second-order valence-electron chi connectivity index (χ2n) is 5.74. The first-order valence-electron chi connectivity index (χ1n) is 8.45. The molecule has 0 amide bonds. The number of nitrogens with one attached hydrogen (secondary N) is 1. The van der Waals surface area contributed by atoms with Gasteiger partial charge in [0.2, 0.25) is 0 Å². The maximum Gasteiger partial charge on any atom is 0.387 e. The SMILES string of the molecule is CCNC(=NCc1ccc(OC)cc1OC(F)F)N(C)Cc1csc(C)n1. The minimum absolute atomic E-state index is 0.0572. The van der Waals surface area contributed by atoms with Crippen molar-refractivity contribution in [1.82, 2.24) is 15.2 Å². The maximum atomic E-state index is 12.7. The summed E-state index contributed by atoms with van der Waals surface area (Å²) < 4.78 is 35.1. The van der Waals surface area contributed by atoms with Crippen LogP contribution in [0.4, 0.5) is 8.78 Å². The van der Waals surface area contributed by atoms with Crippen molar-refractivity contribution < 1.29 is 18.3 Å². The molecule has 1 heterocycles. The summed E-state index contributed by atoms with van der Waals surface area (Å²) in [6.07, 6.45) is 0. The molecular formula is C18H24F2N4O2S. The van der Waals surface area contributed by atoms with E-state index in [1.165, 1.54) is 13.2 Å². The summed E-state index contributed by atoms with van der Waals surface area (Å²) in [7, 11) is 3.37. The largest absolute Gasteiger partial charge is 0.497 e. The van der Waals surface area contributed by atoms with Gasteiger partial charge in [-0.2, -0.15) is 8.78 Å². The number of aryl methyl sites for hydroxylation is 1. The Morgan fingerprint density at radius 2 is 2.19 bits per heavy atom. The summed E-state index contributed by atoms with van der Waals surface area (Å²) >= 11 is 1.60. The molecule has 0 spiro atoms. The van der Waals surface area contributed by atoms with Gasteiger partial charge in [-0.15, -0.1) is 11.3 Å². The molecule has 0 saturated carbocycles. The van der Waals surface area contributed by atoms with Gasteiger partial charge in [0.05, 0.1) is 30.9 Å². The summed E-state index contributed by atoms with van der Waals surface area (Å²) in [5.41, 5.74) is 1.50. The summed E-state index contributed by atoms with van der Waals surface area (Å²) in [5.74, 6) is 1.16. The van der Waals surface area contributed by atoms with E-state index >= 15 is 0 Å². The van der Waals surface area contributed by atoms with Crippen molar-refractivity contribution in [3.05, 3.63) is 39.8 Å². The predicted molar refractivity (Wildman–Crippen MR) is 103 cm³/mol. The lowest BCUT2D eigenvalue weighted by Crippen LogP contribution is -2.38. The van der Waals surface area contributed by atoms with Crippen LogP contribution in [0.1, 0.15) is 23.2 Å². The number of hydrogen-bond donors (Lipinski definition) is 1. The fraction of sp³-hybridized carbons (Fsp3) is 0.444. The summed E-state index contributed by atoms with van der Waals surface area (Å²) in [4.78, 5) is 10.9. The molecule has 0 radical (unpaired) electrons. The monoisotopic (exact) mass is 398 g/mol. The molecule has 1 aromatic heterocycles. The van der Waals surface area contributed by atoms with Crippen LogP contribution in [0, 0.1) is 6.92 Å². The second kappa shape index (κ2) is 10.1. The number of ether oxygens (including phenoxy) is 2. The van der Waals surface area contributed by atoms with Gasteiger partial charge in [-0.05, 0) is 26.0 Å². The van der Waals surface area contributed by atoms with Gasteiger partial charge >= 0.3 is 6.61 Å². The molecule has 0 saturated heterocycles. The average molecular weight is 398 g/mol. The van der Waals surface area contributed by atoms with Crippen LogP contribution in [0.2, 0.25) is 0 Å². The topological polar surface area (TPSA) is 59.0 Å². The number of halogens is 2. The van der Waals surface area contributed by atoms with Crippen LogP contribution < -0.4 is 14.8 Å². The normalized spacial score (nSPS) is 11.6. The van der Waals surface area contributed by atoms with Gasteiger partial charge in [0.25, 0.3) is 0 Å². The molecule has 0 aliphatic carbocycles. The predicted octanol–water partition coefficient (Wildman–Crippen LogP) is 3.66. The Hall–Kier alpha value is -2.42. The lowest BCUT2D eigenvalue weighted by atomic mass is 10.2. The number of hydrogen-bond acceptors (Lipinski definition) is 5. The molecule has 1 N–H and O–H groups in total. The van der Waals surface area contributed by atoms with E-state index in [4.69, 9.17) is 4.74 Å². The Labute approximate surface area is 161 Å². The summed E-state index contributed by atoms with van der Waals surface area (Å²) in [5, 5.41) is 6.21. The van der Waals surface area contributed by atoms with E-state index in [0.717, 1.165) is 10.7 Å². The van der Waals surface area contributed by atoms with Crippen LogP contribution in [-0.2, 0) is 13.1 Å². The molecule has 9 heteroatoms. The zero-order valence-corrected chi connectivity index (χ0v) is 16.6. The van der Waals surface area contributed by atoms with Gasteiger partial charge in [0.15, 0.2) is 5.96 Å². The van der Waals surface area contributed by atoms with Gasteiger partial charge in [-0.1, -0.05) is 0 Å². The van der Waals surface area contributed by atoms with Crippen molar-refractivity contribution in [2.75, 3.05) is 20.7 Å². The molecule has 0 unspecified atom stereocenters. The molecule has 2 aromatic rings. The van der Waals surface area contributed by atoms with Crippen LogP contribution in [0.5, 0.6) is 11.5 Å². The van der Waals surface area contributed by atoms with Crippen LogP contribution in [0.3, 0.4) is 0 Å². The van der Waals surface area contributed by atoms with Crippen molar-refractivity contribution in [3.63, 3.8) is 0 Å². The number of alkyl halides is 2. The van der Waals surface area contributed by atoms with E-state index in [1.54, 1.807) is 23.5 Å². The Morgan fingerprint density at radius 1 is 1.41 bits per heavy atom. The van der Waals surface area contributed by atoms with E-state index in [1.807, 2.05) is 31.2 Å². The highest BCUT2D eigenvalue weighted by Gasteiger charge is 2.13. The highest BCUT2D eigenvalue weighted by Crippen LogP contribution is 2.27. The number of aromatic nitrogens is 1. The fourth-order valence-corrected chi connectivity index (χ4v) is 3.03. The standard InChI is InChI=1S/C18H24F2N4O2S/c1-5-21-18(24(3)10-14-11-27-12(2)23-14)22-9-13-6-7-15(25-4)8-16(13)26-17(19)20/h6-8,11,17H,5,9-10H2,1-4H3,(H,21,22). The third-order valence-electron chi connectivity index (χ3n) is 3.65. The first kappa shape index (κ1) is 20.9. The first-order valence-corrected chi connectivity index (χ1v) is 9.33. The van der Waals surface area contributed by atoms with Crippen LogP contribution in [0.15, 0.2) is 28.6 Å². The van der Waals surface area contributed by atoms with Gasteiger partial charge in [-0.3, -0.25) is 0 Å². The van der Waals surface area contributed by atoms with Gasteiger partial charge in [-0.25, -0.2) is 9.98 Å². The van der Waals surface area contributed by atoms with Gasteiger partial charge in [0, 0.05) is 30.6 Å². The Morgan fingerprint density at radius 3 is 2.78 bits per heavy atom. The van der Waals surface area contributed by atoms with E-state index in [9.17, 15) is 8.78 Å². The average Bonchev–Trinajstić information content (AvgIpc) is 3.03. The first-order chi connectivity index (χ1) is 12.9. The van der Waals surface area contributed by atoms with Crippen molar-refractivity contribution in [2.24, 2.45) is 4.99 Å². The summed E-state index contributed by atoms with van der Waals surface area (Å²) in [6, 6.07) is 4.80. The Balaban J connectivity index is 2.17. The molecule has 2 rings (SSSR count). The molecule has 0 bridgehead atoms. The lowest BCUT2D eigenvalue weighted by Gasteiger charge is -2.21. The van der Waals surface area contributed by atoms with Crippen LogP contribution in [0.25, 0.3) is 0 Å². The molecule has 0 fully saturated rings. The van der Waals surface area contributed by atoms with Gasteiger partial charge in [0.1, 0.15) is 11.5 Å². The molecule has 148 valence electrons. The number of methoxy groups -OCH3 is 1. The minimum Gasteiger partial charge on any atom is -0.497 e. The number of nitrogens with zero attached hydrogens (tertiary/aromatic N) is 3. The molecule has 1 aromatic carbocycles. The second-order valence-corrected chi connectivity index (χ2v) is 6.80. The van der Waals surface area contributed by atoms with E-state index in [0.29, 0.717) is 30.4 Å². The van der Waals surface area contributed by atoms with Crippen molar-refractivity contribution in [3.8, 4) is 11.5 Å². The number of rotatable bonds is 8. The lowest BCUT2D eigenvalue weighted by molar-refractivity contribution is -0.0505. The molecular weight excluding hydrogens is 374 g/mol. The molecule has 0 atom stereocenters. The summed E-state index contributed by atoms with van der Waals surface area (Å²) in [6.45, 7) is 2.48. The number of aliphatic imine (C=N–C) groups is 1. The number of thiazole rings is 1. The highest BCUT2D eigenvalue weighted by atomic mass is 32.1. The van der Waals surface area contributed by atoms with Crippen LogP contribution >= 0.6 is 11.3 Å². The maximum absolute atomic E-state index is 12.7. The molecule has 27 heavy (non-hydrogen) atoms. The zero-order valence-electron chi connectivity index (χ0n) is 15.8. The zero-order chi connectivity index (χ0) is 19.8. The Kier molecular flexibility index (Phi) is 7.78. The van der Waals surface area contributed by atoms with Crippen LogP contribution in [-0.4, -0.2) is 43.2 Å². The van der Waals surface area contributed by atoms with Crippen molar-refractivity contribution in [1.29, 1.82) is 0 Å². The third kappa shape index (κ3) is 6.35. The quantitative estimate of drug-likeness (QED) is 0.543. The smallest absolute Gasteiger partial charge is 0.387 e.